The Labute approximate surface area is 92.7 Å². The molecule has 0 saturated carbocycles. The van der Waals surface area contributed by atoms with Crippen molar-refractivity contribution in [2.45, 2.75) is 25.4 Å². The van der Waals surface area contributed by atoms with E-state index >= 15 is 0 Å². The Balaban J connectivity index is 1.89. The highest BCUT2D eigenvalue weighted by Gasteiger charge is 2.21. The van der Waals surface area contributed by atoms with Gasteiger partial charge in [0.15, 0.2) is 5.78 Å². The summed E-state index contributed by atoms with van der Waals surface area (Å²) in [4.78, 5) is 16.4. The van der Waals surface area contributed by atoms with Crippen LogP contribution in [0.1, 0.15) is 23.0 Å². The van der Waals surface area contributed by atoms with Crippen molar-refractivity contribution >= 4 is 17.1 Å². The van der Waals surface area contributed by atoms with Gasteiger partial charge in [0.1, 0.15) is 0 Å². The first-order chi connectivity index (χ1) is 7.25. The Hall–Kier alpha value is -0.780. The van der Waals surface area contributed by atoms with E-state index in [0.717, 1.165) is 11.5 Å². The molecule has 2 atom stereocenters. The Morgan fingerprint density at radius 3 is 3.27 bits per heavy atom. The number of ketones is 1. The van der Waals surface area contributed by atoms with Crippen LogP contribution in [0.3, 0.4) is 0 Å². The van der Waals surface area contributed by atoms with Crippen LogP contribution in [0.5, 0.6) is 0 Å². The molecule has 1 fully saturated rings. The summed E-state index contributed by atoms with van der Waals surface area (Å²) in [5, 5.41) is 3.35. The number of Topliss-reactive ketones (excluding diaryl/α,β-unsaturated/α-hetero) is 1. The van der Waals surface area contributed by atoms with Crippen LogP contribution >= 0.6 is 11.3 Å². The van der Waals surface area contributed by atoms with E-state index in [4.69, 9.17) is 4.74 Å². The smallest absolute Gasteiger partial charge is 0.176 e. The monoisotopic (exact) mass is 226 g/mol. The Morgan fingerprint density at radius 2 is 2.60 bits per heavy atom. The lowest BCUT2D eigenvalue weighted by Crippen LogP contribution is -2.48. The van der Waals surface area contributed by atoms with E-state index in [0.29, 0.717) is 19.1 Å². The largest absolute Gasteiger partial charge is 0.378 e. The highest BCUT2D eigenvalue weighted by Crippen LogP contribution is 2.12. The third-order valence-electron chi connectivity index (χ3n) is 2.35. The summed E-state index contributed by atoms with van der Waals surface area (Å²) >= 11 is 1.39. The Kier molecular flexibility index (Phi) is 3.45. The number of thiazole rings is 1. The van der Waals surface area contributed by atoms with E-state index < -0.39 is 0 Å². The van der Waals surface area contributed by atoms with Crippen molar-refractivity contribution in [3.8, 4) is 0 Å². The van der Waals surface area contributed by atoms with Gasteiger partial charge >= 0.3 is 0 Å². The number of hydrogen-bond acceptors (Lipinski definition) is 5. The quantitative estimate of drug-likeness (QED) is 0.784. The van der Waals surface area contributed by atoms with Gasteiger partial charge in [-0.1, -0.05) is 0 Å². The maximum absolute atomic E-state index is 11.8. The summed E-state index contributed by atoms with van der Waals surface area (Å²) in [7, 11) is 0. The summed E-state index contributed by atoms with van der Waals surface area (Å²) in [6, 6.07) is 0.473. The summed E-state index contributed by atoms with van der Waals surface area (Å²) in [6.07, 6.45) is 2.12. The van der Waals surface area contributed by atoms with E-state index in [1.54, 1.807) is 11.7 Å². The van der Waals surface area contributed by atoms with E-state index in [-0.39, 0.29) is 11.8 Å². The molecule has 4 nitrogen and oxygen atoms in total. The molecule has 0 bridgehead atoms. The number of carbonyl (C=O) groups is 1. The Morgan fingerprint density at radius 1 is 1.73 bits per heavy atom. The van der Waals surface area contributed by atoms with E-state index in [2.05, 4.69) is 17.2 Å². The first-order valence-corrected chi connectivity index (χ1v) is 5.89. The number of nitrogens with one attached hydrogen (secondary N) is 1. The number of nitrogens with zero attached hydrogens (tertiary/aromatic N) is 1. The van der Waals surface area contributed by atoms with Gasteiger partial charge < -0.3 is 10.1 Å². The zero-order valence-corrected chi connectivity index (χ0v) is 9.42. The molecule has 0 spiro atoms. The molecule has 1 saturated heterocycles. The maximum Gasteiger partial charge on any atom is 0.176 e. The zero-order valence-electron chi connectivity index (χ0n) is 8.60. The van der Waals surface area contributed by atoms with Crippen LogP contribution in [-0.4, -0.2) is 36.1 Å². The van der Waals surface area contributed by atoms with Crippen LogP contribution in [0.15, 0.2) is 11.7 Å². The molecule has 1 aliphatic heterocycles. The van der Waals surface area contributed by atoms with E-state index in [1.165, 1.54) is 11.3 Å². The minimum atomic E-state index is 0.142. The van der Waals surface area contributed by atoms with Crippen molar-refractivity contribution in [2.24, 2.45) is 0 Å². The van der Waals surface area contributed by atoms with Crippen molar-refractivity contribution < 1.29 is 9.53 Å². The SMILES string of the molecule is CC1COCC(CC(=O)c2cncs2)N1. The molecule has 2 heterocycles. The normalized spacial score (nSPS) is 26.5. The van der Waals surface area contributed by atoms with Crippen LogP contribution in [-0.2, 0) is 4.74 Å². The van der Waals surface area contributed by atoms with Gasteiger partial charge in [-0.15, -0.1) is 11.3 Å². The predicted octanol–water partition coefficient (Wildman–Crippen LogP) is 1.09. The summed E-state index contributed by atoms with van der Waals surface area (Å²) in [6.45, 7) is 3.41. The van der Waals surface area contributed by atoms with Gasteiger partial charge in [-0.05, 0) is 6.92 Å². The fourth-order valence-electron chi connectivity index (χ4n) is 1.68. The first-order valence-electron chi connectivity index (χ1n) is 5.01. The molecule has 0 aliphatic carbocycles. The number of aromatic nitrogens is 1. The third kappa shape index (κ3) is 2.84. The predicted molar refractivity (Wildman–Crippen MR) is 58.3 cm³/mol. The van der Waals surface area contributed by atoms with Crippen LogP contribution in [0.25, 0.3) is 0 Å². The summed E-state index contributed by atoms with van der Waals surface area (Å²) in [5.74, 6) is 0.146. The maximum atomic E-state index is 11.8. The standard InChI is InChI=1S/C10H14N2O2S/c1-7-4-14-5-8(12-7)2-9(13)10-3-11-6-15-10/h3,6-8,12H,2,4-5H2,1H3. The second-order valence-corrected chi connectivity index (χ2v) is 4.68. The molecule has 5 heteroatoms. The van der Waals surface area contributed by atoms with Crippen LogP contribution in [0.2, 0.25) is 0 Å². The second kappa shape index (κ2) is 4.83. The van der Waals surface area contributed by atoms with Crippen molar-refractivity contribution in [3.63, 3.8) is 0 Å². The zero-order chi connectivity index (χ0) is 10.7. The minimum Gasteiger partial charge on any atom is -0.378 e. The van der Waals surface area contributed by atoms with Gasteiger partial charge in [0.25, 0.3) is 0 Å². The highest BCUT2D eigenvalue weighted by molar-refractivity contribution is 7.11. The lowest BCUT2D eigenvalue weighted by atomic mass is 10.1. The Bertz CT molecular complexity index is 326. The number of carbonyl (C=O) groups excluding carboxylic acids is 1. The van der Waals surface area contributed by atoms with Gasteiger partial charge in [-0.25, -0.2) is 0 Å². The molecule has 1 aliphatic rings. The fraction of sp³-hybridized carbons (Fsp3) is 0.600. The molecule has 2 unspecified atom stereocenters. The average molecular weight is 226 g/mol. The van der Waals surface area contributed by atoms with Gasteiger partial charge in [0, 0.05) is 24.7 Å². The molecule has 0 radical (unpaired) electrons. The lowest BCUT2D eigenvalue weighted by molar-refractivity contribution is 0.0464. The molecule has 0 aromatic carbocycles. The number of hydrogen-bond donors (Lipinski definition) is 1. The van der Waals surface area contributed by atoms with Crippen molar-refractivity contribution in [2.75, 3.05) is 13.2 Å². The molecule has 1 aromatic heterocycles. The van der Waals surface area contributed by atoms with E-state index in [1.807, 2.05) is 0 Å². The average Bonchev–Trinajstić information content (AvgIpc) is 2.70. The van der Waals surface area contributed by atoms with Crippen LogP contribution < -0.4 is 5.32 Å². The molecular weight excluding hydrogens is 212 g/mol. The van der Waals surface area contributed by atoms with Gasteiger partial charge in [-0.2, -0.15) is 0 Å². The second-order valence-electron chi connectivity index (χ2n) is 3.80. The molecular formula is C10H14N2O2S. The number of rotatable bonds is 3. The first kappa shape index (κ1) is 10.7. The van der Waals surface area contributed by atoms with Crippen molar-refractivity contribution in [1.29, 1.82) is 0 Å². The fourth-order valence-corrected chi connectivity index (χ4v) is 2.25. The molecule has 15 heavy (non-hydrogen) atoms. The third-order valence-corrected chi connectivity index (χ3v) is 3.16. The van der Waals surface area contributed by atoms with Crippen LogP contribution in [0, 0.1) is 0 Å². The minimum absolute atomic E-state index is 0.142. The molecule has 1 aromatic rings. The summed E-state index contributed by atoms with van der Waals surface area (Å²) in [5.41, 5.74) is 1.68. The van der Waals surface area contributed by atoms with Gasteiger partial charge in [-0.3, -0.25) is 9.78 Å². The summed E-state index contributed by atoms with van der Waals surface area (Å²) < 4.78 is 5.39. The lowest BCUT2D eigenvalue weighted by Gasteiger charge is -2.28. The van der Waals surface area contributed by atoms with Crippen molar-refractivity contribution in [3.05, 3.63) is 16.6 Å². The van der Waals surface area contributed by atoms with Crippen LogP contribution in [0.4, 0.5) is 0 Å². The van der Waals surface area contributed by atoms with Crippen molar-refractivity contribution in [1.82, 2.24) is 10.3 Å². The molecule has 0 amide bonds. The molecule has 2 rings (SSSR count). The topological polar surface area (TPSA) is 51.2 Å². The van der Waals surface area contributed by atoms with Gasteiger partial charge in [0.05, 0.1) is 23.6 Å². The number of ether oxygens (including phenoxy) is 1. The number of morpholine rings is 1. The van der Waals surface area contributed by atoms with Gasteiger partial charge in [0.2, 0.25) is 0 Å². The van der Waals surface area contributed by atoms with E-state index in [9.17, 15) is 4.79 Å². The molecule has 1 N–H and O–H groups in total. The highest BCUT2D eigenvalue weighted by atomic mass is 32.1. The molecule has 82 valence electrons.